The van der Waals surface area contributed by atoms with Gasteiger partial charge in [0.15, 0.2) is 11.5 Å². The molecule has 1 fully saturated rings. The molecule has 6 heteroatoms. The van der Waals surface area contributed by atoms with Gasteiger partial charge in [0, 0.05) is 26.0 Å². The second kappa shape index (κ2) is 9.17. The number of carbonyl (C=O) groups excluding carboxylic acids is 3. The minimum atomic E-state index is -0.524. The summed E-state index contributed by atoms with van der Waals surface area (Å²) in [6.07, 6.45) is 7.38. The van der Waals surface area contributed by atoms with Crippen LogP contribution in [0.25, 0.3) is 6.08 Å². The molecular formula is C20H25NO5. The van der Waals surface area contributed by atoms with E-state index in [1.54, 1.807) is 18.2 Å². The van der Waals surface area contributed by atoms with Crippen LogP contribution in [0.15, 0.2) is 24.3 Å². The van der Waals surface area contributed by atoms with Gasteiger partial charge < -0.3 is 14.8 Å². The Bertz CT molecular complexity index is 702. The first-order chi connectivity index (χ1) is 12.3. The van der Waals surface area contributed by atoms with Crippen molar-refractivity contribution in [2.45, 2.75) is 52.5 Å². The standard InChI is InChI=1S/C20H25NO5/c1-13-4-8-17(9-5-13)21-20(24)11-7-16-6-10-18(25-14(2)22)19(12-16)26-15(3)23/h6-7,10-13,17H,4-5,8-9H2,1-3H3,(H,21,24)/b11-7+. The average molecular weight is 359 g/mol. The molecule has 0 atom stereocenters. The predicted octanol–water partition coefficient (Wildman–Crippen LogP) is 3.25. The summed E-state index contributed by atoms with van der Waals surface area (Å²) in [5.41, 5.74) is 0.657. The summed E-state index contributed by atoms with van der Waals surface area (Å²) in [6.45, 7) is 4.76. The zero-order chi connectivity index (χ0) is 19.1. The van der Waals surface area contributed by atoms with Crippen LogP contribution in [0.5, 0.6) is 11.5 Å². The Morgan fingerprint density at radius 2 is 1.62 bits per heavy atom. The van der Waals surface area contributed by atoms with E-state index in [-0.39, 0.29) is 23.4 Å². The molecule has 0 saturated heterocycles. The Hall–Kier alpha value is -2.63. The van der Waals surface area contributed by atoms with Crippen molar-refractivity contribution < 1.29 is 23.9 Å². The third-order valence-corrected chi connectivity index (χ3v) is 4.26. The first-order valence-electron chi connectivity index (χ1n) is 8.83. The predicted molar refractivity (Wildman–Crippen MR) is 97.7 cm³/mol. The molecule has 140 valence electrons. The lowest BCUT2D eigenvalue weighted by Crippen LogP contribution is -2.36. The molecule has 6 nitrogen and oxygen atoms in total. The van der Waals surface area contributed by atoms with Crippen molar-refractivity contribution in [3.8, 4) is 11.5 Å². The molecule has 1 aromatic rings. The van der Waals surface area contributed by atoms with Crippen molar-refractivity contribution >= 4 is 23.9 Å². The van der Waals surface area contributed by atoms with E-state index in [9.17, 15) is 14.4 Å². The average Bonchev–Trinajstić information content (AvgIpc) is 2.56. The Labute approximate surface area is 153 Å². The van der Waals surface area contributed by atoms with Crippen molar-refractivity contribution in [1.29, 1.82) is 0 Å². The number of esters is 2. The second-order valence-electron chi connectivity index (χ2n) is 6.69. The van der Waals surface area contributed by atoms with Crippen LogP contribution in [-0.2, 0) is 14.4 Å². The van der Waals surface area contributed by atoms with Gasteiger partial charge in [0.05, 0.1) is 0 Å². The zero-order valence-electron chi connectivity index (χ0n) is 15.4. The number of ether oxygens (including phenoxy) is 2. The molecule has 26 heavy (non-hydrogen) atoms. The fourth-order valence-electron chi connectivity index (χ4n) is 2.93. The first-order valence-corrected chi connectivity index (χ1v) is 8.83. The highest BCUT2D eigenvalue weighted by atomic mass is 16.6. The van der Waals surface area contributed by atoms with Crippen molar-refractivity contribution in [1.82, 2.24) is 5.32 Å². The quantitative estimate of drug-likeness (QED) is 0.496. The molecule has 0 heterocycles. The molecule has 1 aromatic carbocycles. The molecule has 1 saturated carbocycles. The van der Waals surface area contributed by atoms with E-state index in [0.29, 0.717) is 5.56 Å². The van der Waals surface area contributed by atoms with Gasteiger partial charge in [0.25, 0.3) is 0 Å². The Kier molecular flexibility index (Phi) is 6.95. The molecule has 1 N–H and O–H groups in total. The van der Waals surface area contributed by atoms with E-state index in [0.717, 1.165) is 31.6 Å². The first kappa shape index (κ1) is 19.7. The van der Waals surface area contributed by atoms with E-state index in [2.05, 4.69) is 12.2 Å². The molecule has 0 aliphatic heterocycles. The minimum Gasteiger partial charge on any atom is -0.423 e. The molecular weight excluding hydrogens is 334 g/mol. The fraction of sp³-hybridized carbons (Fsp3) is 0.450. The van der Waals surface area contributed by atoms with Gasteiger partial charge in [0.1, 0.15) is 0 Å². The van der Waals surface area contributed by atoms with E-state index in [1.807, 2.05) is 0 Å². The van der Waals surface area contributed by atoms with Crippen LogP contribution in [0.3, 0.4) is 0 Å². The van der Waals surface area contributed by atoms with Crippen LogP contribution in [0.4, 0.5) is 0 Å². The molecule has 0 bridgehead atoms. The van der Waals surface area contributed by atoms with Crippen LogP contribution in [-0.4, -0.2) is 23.9 Å². The Balaban J connectivity index is 2.03. The highest BCUT2D eigenvalue weighted by molar-refractivity contribution is 5.92. The van der Waals surface area contributed by atoms with Crippen molar-refractivity contribution in [2.24, 2.45) is 5.92 Å². The molecule has 0 unspecified atom stereocenters. The van der Waals surface area contributed by atoms with Gasteiger partial charge in [-0.1, -0.05) is 13.0 Å². The van der Waals surface area contributed by atoms with Gasteiger partial charge in [-0.15, -0.1) is 0 Å². The lowest BCUT2D eigenvalue weighted by Gasteiger charge is -2.26. The molecule has 2 rings (SSSR count). The molecule has 0 radical (unpaired) electrons. The third-order valence-electron chi connectivity index (χ3n) is 4.26. The number of hydrogen-bond donors (Lipinski definition) is 1. The SMILES string of the molecule is CC(=O)Oc1ccc(/C=C/C(=O)NC2CCC(C)CC2)cc1OC(C)=O. The maximum absolute atomic E-state index is 12.1. The number of nitrogens with one attached hydrogen (secondary N) is 1. The second-order valence-corrected chi connectivity index (χ2v) is 6.69. The Morgan fingerprint density at radius 1 is 1.00 bits per heavy atom. The maximum atomic E-state index is 12.1. The Morgan fingerprint density at radius 3 is 2.23 bits per heavy atom. The molecule has 0 aromatic heterocycles. The normalized spacial score (nSPS) is 19.8. The van der Waals surface area contributed by atoms with Gasteiger partial charge in [-0.3, -0.25) is 14.4 Å². The molecule has 1 aliphatic rings. The summed E-state index contributed by atoms with van der Waals surface area (Å²) in [5.74, 6) is -0.161. The van der Waals surface area contributed by atoms with E-state index in [1.165, 1.54) is 26.0 Å². The number of rotatable bonds is 5. The highest BCUT2D eigenvalue weighted by Crippen LogP contribution is 2.29. The summed E-state index contributed by atoms with van der Waals surface area (Å²) >= 11 is 0. The van der Waals surface area contributed by atoms with Gasteiger partial charge in [-0.2, -0.15) is 0 Å². The van der Waals surface area contributed by atoms with Gasteiger partial charge in [-0.05, 0) is 55.4 Å². The summed E-state index contributed by atoms with van der Waals surface area (Å²) in [6, 6.07) is 4.98. The number of hydrogen-bond acceptors (Lipinski definition) is 5. The summed E-state index contributed by atoms with van der Waals surface area (Å²) in [5, 5.41) is 3.01. The van der Waals surface area contributed by atoms with Crippen molar-refractivity contribution in [3.63, 3.8) is 0 Å². The van der Waals surface area contributed by atoms with Crippen LogP contribution < -0.4 is 14.8 Å². The summed E-state index contributed by atoms with van der Waals surface area (Å²) < 4.78 is 10.1. The summed E-state index contributed by atoms with van der Waals surface area (Å²) in [4.78, 5) is 34.4. The number of carbonyl (C=O) groups is 3. The summed E-state index contributed by atoms with van der Waals surface area (Å²) in [7, 11) is 0. The molecule has 1 amide bonds. The maximum Gasteiger partial charge on any atom is 0.308 e. The zero-order valence-corrected chi connectivity index (χ0v) is 15.4. The van der Waals surface area contributed by atoms with E-state index < -0.39 is 11.9 Å². The van der Waals surface area contributed by atoms with Gasteiger partial charge in [-0.25, -0.2) is 0 Å². The van der Waals surface area contributed by atoms with Gasteiger partial charge in [0.2, 0.25) is 5.91 Å². The van der Waals surface area contributed by atoms with Crippen LogP contribution in [0.2, 0.25) is 0 Å². The van der Waals surface area contributed by atoms with Crippen LogP contribution in [0.1, 0.15) is 52.0 Å². The third kappa shape index (κ3) is 6.35. The number of benzene rings is 1. The highest BCUT2D eigenvalue weighted by Gasteiger charge is 2.18. The van der Waals surface area contributed by atoms with E-state index in [4.69, 9.17) is 9.47 Å². The lowest BCUT2D eigenvalue weighted by molar-refractivity contribution is -0.134. The molecule has 1 aliphatic carbocycles. The minimum absolute atomic E-state index is 0.136. The van der Waals surface area contributed by atoms with Crippen molar-refractivity contribution in [3.05, 3.63) is 29.8 Å². The number of amides is 1. The van der Waals surface area contributed by atoms with Crippen LogP contribution >= 0.6 is 0 Å². The van der Waals surface area contributed by atoms with E-state index >= 15 is 0 Å². The van der Waals surface area contributed by atoms with Crippen molar-refractivity contribution in [2.75, 3.05) is 0 Å². The van der Waals surface area contributed by atoms with Crippen LogP contribution in [0, 0.1) is 5.92 Å². The van der Waals surface area contributed by atoms with Gasteiger partial charge >= 0.3 is 11.9 Å². The molecule has 0 spiro atoms. The largest absolute Gasteiger partial charge is 0.423 e. The smallest absolute Gasteiger partial charge is 0.308 e. The lowest BCUT2D eigenvalue weighted by atomic mass is 9.87. The monoisotopic (exact) mass is 359 g/mol. The fourth-order valence-corrected chi connectivity index (χ4v) is 2.93. The topological polar surface area (TPSA) is 81.7 Å².